The normalized spacial score (nSPS) is 13.8. The Labute approximate surface area is 118 Å². The van der Waals surface area contributed by atoms with Gasteiger partial charge in [0.2, 0.25) is 0 Å². The van der Waals surface area contributed by atoms with Gasteiger partial charge in [0.25, 0.3) is 0 Å². The molecule has 19 heavy (non-hydrogen) atoms. The van der Waals surface area contributed by atoms with E-state index in [1.807, 2.05) is 12.4 Å². The van der Waals surface area contributed by atoms with Crippen molar-refractivity contribution in [2.24, 2.45) is 5.73 Å². The molecule has 0 saturated heterocycles. The van der Waals surface area contributed by atoms with Crippen molar-refractivity contribution in [3.63, 3.8) is 0 Å². The van der Waals surface area contributed by atoms with E-state index in [1.165, 1.54) is 5.56 Å². The first-order valence-electron chi connectivity index (χ1n) is 7.54. The maximum atomic E-state index is 6.60. The monoisotopic (exact) mass is 263 g/mol. The first-order chi connectivity index (χ1) is 9.14. The van der Waals surface area contributed by atoms with Gasteiger partial charge in [0.05, 0.1) is 0 Å². The number of aromatic nitrogens is 1. The molecule has 0 radical (unpaired) electrons. The molecule has 1 aromatic heterocycles. The van der Waals surface area contributed by atoms with Crippen LogP contribution in [0.5, 0.6) is 0 Å². The Morgan fingerprint density at radius 1 is 1.11 bits per heavy atom. The molecule has 0 saturated carbocycles. The van der Waals surface area contributed by atoms with Crippen molar-refractivity contribution in [3.05, 3.63) is 30.1 Å². The molecule has 0 amide bonds. The molecule has 0 fully saturated rings. The Kier molecular flexibility index (Phi) is 6.46. The van der Waals surface area contributed by atoms with Gasteiger partial charge in [-0.25, -0.2) is 0 Å². The number of hydrogen-bond donors (Lipinski definition) is 1. The maximum Gasteiger partial charge on any atom is 0.0358 e. The van der Waals surface area contributed by atoms with E-state index in [4.69, 9.17) is 5.73 Å². The lowest BCUT2D eigenvalue weighted by Gasteiger charge is -2.46. The Hall–Kier alpha value is -0.930. The second kappa shape index (κ2) is 7.61. The molecule has 2 N–H and O–H groups in total. The van der Waals surface area contributed by atoms with Gasteiger partial charge >= 0.3 is 0 Å². The molecule has 0 spiro atoms. The van der Waals surface area contributed by atoms with Crippen molar-refractivity contribution in [2.75, 3.05) is 13.1 Å². The van der Waals surface area contributed by atoms with Gasteiger partial charge in [0.1, 0.15) is 0 Å². The summed E-state index contributed by atoms with van der Waals surface area (Å²) in [6.45, 7) is 11.1. The van der Waals surface area contributed by atoms with Gasteiger partial charge in [-0.2, -0.15) is 0 Å². The van der Waals surface area contributed by atoms with Crippen LogP contribution in [0, 0.1) is 0 Å². The average molecular weight is 263 g/mol. The fourth-order valence-electron chi connectivity index (χ4n) is 3.27. The highest BCUT2D eigenvalue weighted by atomic mass is 15.2. The molecule has 108 valence electrons. The Morgan fingerprint density at radius 3 is 2.05 bits per heavy atom. The summed E-state index contributed by atoms with van der Waals surface area (Å²) in [7, 11) is 0. The highest BCUT2D eigenvalue weighted by molar-refractivity contribution is 5.14. The smallest absolute Gasteiger partial charge is 0.0358 e. The number of hydrogen-bond acceptors (Lipinski definition) is 3. The molecule has 1 aromatic rings. The topological polar surface area (TPSA) is 42.1 Å². The minimum Gasteiger partial charge on any atom is -0.326 e. The summed E-state index contributed by atoms with van der Waals surface area (Å²) in [5.41, 5.74) is 7.98. The van der Waals surface area contributed by atoms with Crippen LogP contribution in [-0.4, -0.2) is 34.6 Å². The van der Waals surface area contributed by atoms with E-state index in [2.05, 4.69) is 49.7 Å². The molecule has 3 heteroatoms. The van der Waals surface area contributed by atoms with Crippen molar-refractivity contribution in [1.82, 2.24) is 9.88 Å². The van der Waals surface area contributed by atoms with Crippen molar-refractivity contribution < 1.29 is 0 Å². The van der Waals surface area contributed by atoms with Crippen LogP contribution >= 0.6 is 0 Å². The second-order valence-corrected chi connectivity index (χ2v) is 5.15. The van der Waals surface area contributed by atoms with Gasteiger partial charge in [-0.05, 0) is 50.0 Å². The van der Waals surface area contributed by atoms with Crippen LogP contribution in [0.4, 0.5) is 0 Å². The van der Waals surface area contributed by atoms with Crippen LogP contribution in [0.3, 0.4) is 0 Å². The summed E-state index contributed by atoms with van der Waals surface area (Å²) in [6.07, 6.45) is 6.80. The molecule has 1 rings (SSSR count). The SMILES string of the molecule is CCN(CC)C(CC)(CC)C(N)Cc1ccncc1. The van der Waals surface area contributed by atoms with E-state index in [0.717, 1.165) is 32.4 Å². The number of nitrogens with zero attached hydrogens (tertiary/aromatic N) is 2. The molecule has 0 bridgehead atoms. The van der Waals surface area contributed by atoms with E-state index in [9.17, 15) is 0 Å². The van der Waals surface area contributed by atoms with Gasteiger partial charge in [0, 0.05) is 24.0 Å². The minimum absolute atomic E-state index is 0.104. The summed E-state index contributed by atoms with van der Waals surface area (Å²) < 4.78 is 0. The summed E-state index contributed by atoms with van der Waals surface area (Å²) in [5, 5.41) is 0. The molecule has 0 aliphatic carbocycles. The Morgan fingerprint density at radius 2 is 1.63 bits per heavy atom. The third-order valence-electron chi connectivity index (χ3n) is 4.51. The zero-order valence-corrected chi connectivity index (χ0v) is 12.9. The van der Waals surface area contributed by atoms with E-state index in [-0.39, 0.29) is 11.6 Å². The van der Waals surface area contributed by atoms with Crippen LogP contribution in [0.2, 0.25) is 0 Å². The van der Waals surface area contributed by atoms with Crippen molar-refractivity contribution in [1.29, 1.82) is 0 Å². The molecule has 0 aliphatic rings. The first-order valence-corrected chi connectivity index (χ1v) is 7.54. The molecular formula is C16H29N3. The largest absolute Gasteiger partial charge is 0.326 e. The fourth-order valence-corrected chi connectivity index (χ4v) is 3.27. The van der Waals surface area contributed by atoms with Crippen LogP contribution in [0.15, 0.2) is 24.5 Å². The average Bonchev–Trinajstić information content (AvgIpc) is 2.45. The molecule has 3 nitrogen and oxygen atoms in total. The quantitative estimate of drug-likeness (QED) is 0.784. The number of pyridine rings is 1. The Balaban J connectivity index is 2.91. The lowest BCUT2D eigenvalue weighted by Crippen LogP contribution is -2.60. The zero-order valence-electron chi connectivity index (χ0n) is 12.9. The molecule has 0 aliphatic heterocycles. The molecule has 1 heterocycles. The summed E-state index contributed by atoms with van der Waals surface area (Å²) in [4.78, 5) is 6.60. The van der Waals surface area contributed by atoms with Crippen LogP contribution in [-0.2, 0) is 6.42 Å². The standard InChI is InChI=1S/C16H29N3/c1-5-16(6-2,19(7-3)8-4)15(17)13-14-9-11-18-12-10-14/h9-12,15H,5-8,13,17H2,1-4H3. The lowest BCUT2D eigenvalue weighted by molar-refractivity contribution is 0.0628. The minimum atomic E-state index is 0.104. The highest BCUT2D eigenvalue weighted by Gasteiger charge is 2.37. The van der Waals surface area contributed by atoms with E-state index in [0.29, 0.717) is 0 Å². The molecular weight excluding hydrogens is 234 g/mol. The lowest BCUT2D eigenvalue weighted by atomic mass is 9.80. The van der Waals surface area contributed by atoms with Gasteiger partial charge in [0.15, 0.2) is 0 Å². The van der Waals surface area contributed by atoms with E-state index < -0.39 is 0 Å². The first kappa shape index (κ1) is 16.1. The summed E-state index contributed by atoms with van der Waals surface area (Å²) in [5.74, 6) is 0. The third-order valence-corrected chi connectivity index (χ3v) is 4.51. The van der Waals surface area contributed by atoms with Gasteiger partial charge in [-0.1, -0.05) is 27.7 Å². The van der Waals surface area contributed by atoms with E-state index in [1.54, 1.807) is 0 Å². The van der Waals surface area contributed by atoms with Gasteiger partial charge < -0.3 is 5.73 Å². The number of nitrogens with two attached hydrogens (primary N) is 1. The third kappa shape index (κ3) is 3.54. The fraction of sp³-hybridized carbons (Fsp3) is 0.688. The van der Waals surface area contributed by atoms with E-state index >= 15 is 0 Å². The zero-order chi connectivity index (χ0) is 14.3. The van der Waals surface area contributed by atoms with Gasteiger partial charge in [-0.15, -0.1) is 0 Å². The Bertz CT molecular complexity index is 342. The van der Waals surface area contributed by atoms with Crippen LogP contribution in [0.25, 0.3) is 0 Å². The van der Waals surface area contributed by atoms with Gasteiger partial charge in [-0.3, -0.25) is 9.88 Å². The van der Waals surface area contributed by atoms with Crippen LogP contribution < -0.4 is 5.73 Å². The number of rotatable bonds is 8. The predicted molar refractivity (Wildman–Crippen MR) is 82.2 cm³/mol. The molecule has 1 atom stereocenters. The van der Waals surface area contributed by atoms with Crippen molar-refractivity contribution >= 4 is 0 Å². The molecule has 1 unspecified atom stereocenters. The highest BCUT2D eigenvalue weighted by Crippen LogP contribution is 2.28. The van der Waals surface area contributed by atoms with Crippen molar-refractivity contribution in [2.45, 2.75) is 58.5 Å². The summed E-state index contributed by atoms with van der Waals surface area (Å²) >= 11 is 0. The number of likely N-dealkylation sites (N-methyl/N-ethyl adjacent to an activating group) is 1. The van der Waals surface area contributed by atoms with Crippen molar-refractivity contribution in [3.8, 4) is 0 Å². The predicted octanol–water partition coefficient (Wildman–Crippen LogP) is 2.85. The molecule has 0 aromatic carbocycles. The summed E-state index contributed by atoms with van der Waals surface area (Å²) in [6, 6.07) is 4.29. The second-order valence-electron chi connectivity index (χ2n) is 5.15. The van der Waals surface area contributed by atoms with Crippen LogP contribution in [0.1, 0.15) is 46.1 Å². The maximum absolute atomic E-state index is 6.60.